The van der Waals surface area contributed by atoms with Gasteiger partial charge in [0.25, 0.3) is 0 Å². The quantitative estimate of drug-likeness (QED) is 0.400. The van der Waals surface area contributed by atoms with E-state index in [0.717, 1.165) is 12.8 Å². The van der Waals surface area contributed by atoms with Gasteiger partial charge in [0.1, 0.15) is 0 Å². The van der Waals surface area contributed by atoms with E-state index in [9.17, 15) is 8.42 Å². The number of hydrogen-bond acceptors (Lipinski definition) is 5. The predicted octanol–water partition coefficient (Wildman–Crippen LogP) is 1.21. The van der Waals surface area contributed by atoms with Crippen molar-refractivity contribution in [3.05, 3.63) is 24.3 Å². The summed E-state index contributed by atoms with van der Waals surface area (Å²) >= 11 is 0. The molecule has 0 radical (unpaired) electrons. The van der Waals surface area contributed by atoms with Crippen molar-refractivity contribution in [3.8, 4) is 0 Å². The number of rotatable bonds is 7. The molecule has 0 spiro atoms. The molecule has 0 amide bonds. The average Bonchev–Trinajstić information content (AvgIpc) is 2.97. The van der Waals surface area contributed by atoms with Gasteiger partial charge in [-0.1, -0.05) is 12.8 Å². The molecule has 0 atom stereocenters. The summed E-state index contributed by atoms with van der Waals surface area (Å²) in [6.45, 7) is 0.696. The van der Waals surface area contributed by atoms with Gasteiger partial charge >= 0.3 is 0 Å². The van der Waals surface area contributed by atoms with Gasteiger partial charge in [0, 0.05) is 12.2 Å². The summed E-state index contributed by atoms with van der Waals surface area (Å²) in [5, 5.41) is 0. The lowest BCUT2D eigenvalue weighted by molar-refractivity contribution is 0.0626. The molecule has 0 heterocycles. The number of nitrogen functional groups attached to an aromatic ring is 1. The van der Waals surface area contributed by atoms with Gasteiger partial charge in [0.15, 0.2) is 0 Å². The fraction of sp³-hybridized carbons (Fsp3) is 0.538. The summed E-state index contributed by atoms with van der Waals surface area (Å²) in [5.41, 5.74) is 3.11. The third-order valence-electron chi connectivity index (χ3n) is 3.38. The van der Waals surface area contributed by atoms with Crippen LogP contribution in [0.3, 0.4) is 0 Å². The van der Waals surface area contributed by atoms with Gasteiger partial charge < -0.3 is 10.2 Å². The Labute approximate surface area is 119 Å². The lowest BCUT2D eigenvalue weighted by Gasteiger charge is -2.12. The first-order chi connectivity index (χ1) is 9.62. The van der Waals surface area contributed by atoms with Crippen molar-refractivity contribution in [2.24, 2.45) is 5.84 Å². The van der Waals surface area contributed by atoms with Crippen molar-refractivity contribution in [1.29, 1.82) is 0 Å². The Balaban J connectivity index is 1.80. The predicted molar refractivity (Wildman–Crippen MR) is 77.6 cm³/mol. The van der Waals surface area contributed by atoms with E-state index < -0.39 is 10.0 Å². The van der Waals surface area contributed by atoms with Crippen molar-refractivity contribution < 1.29 is 13.2 Å². The number of hydrogen-bond donors (Lipinski definition) is 3. The summed E-state index contributed by atoms with van der Waals surface area (Å²) in [7, 11) is -3.48. The minimum absolute atomic E-state index is 0.220. The van der Waals surface area contributed by atoms with Crippen LogP contribution in [0, 0.1) is 0 Å². The van der Waals surface area contributed by atoms with Gasteiger partial charge in [-0.2, -0.15) is 0 Å². The third kappa shape index (κ3) is 4.17. The minimum Gasteiger partial charge on any atom is -0.377 e. The molecule has 1 saturated carbocycles. The largest absolute Gasteiger partial charge is 0.377 e. The first-order valence-electron chi connectivity index (χ1n) is 6.80. The maximum absolute atomic E-state index is 12.0. The molecule has 1 fully saturated rings. The van der Waals surface area contributed by atoms with E-state index in [1.54, 1.807) is 12.1 Å². The van der Waals surface area contributed by atoms with Crippen molar-refractivity contribution >= 4 is 15.7 Å². The highest BCUT2D eigenvalue weighted by atomic mass is 32.2. The molecule has 0 bridgehead atoms. The molecular formula is C13H21N3O3S. The second-order valence-corrected chi connectivity index (χ2v) is 6.61. The van der Waals surface area contributed by atoms with Crippen LogP contribution in [0.15, 0.2) is 29.2 Å². The van der Waals surface area contributed by atoms with Crippen molar-refractivity contribution in [1.82, 2.24) is 4.72 Å². The van der Waals surface area contributed by atoms with Crippen LogP contribution in [0.4, 0.5) is 5.69 Å². The molecular weight excluding hydrogens is 278 g/mol. The summed E-state index contributed by atoms with van der Waals surface area (Å²) in [6, 6.07) is 6.25. The highest BCUT2D eigenvalue weighted by molar-refractivity contribution is 7.89. The van der Waals surface area contributed by atoms with Gasteiger partial charge in [-0.05, 0) is 37.1 Å². The molecule has 7 heteroatoms. The standard InChI is InChI=1S/C13H21N3O3S/c14-16-11-5-7-13(8-6-11)20(17,18)15-9-10-19-12-3-1-2-4-12/h5-8,12,15-16H,1-4,9-10,14H2. The number of hydrazine groups is 1. The fourth-order valence-electron chi connectivity index (χ4n) is 2.27. The van der Waals surface area contributed by atoms with Crippen LogP contribution in [0.2, 0.25) is 0 Å². The van der Waals surface area contributed by atoms with Crippen molar-refractivity contribution in [3.63, 3.8) is 0 Å². The molecule has 1 aliphatic rings. The Morgan fingerprint density at radius 3 is 2.45 bits per heavy atom. The molecule has 20 heavy (non-hydrogen) atoms. The lowest BCUT2D eigenvalue weighted by Crippen LogP contribution is -2.28. The molecule has 112 valence electrons. The normalized spacial score (nSPS) is 16.4. The maximum Gasteiger partial charge on any atom is 0.240 e. The average molecular weight is 299 g/mol. The first kappa shape index (κ1) is 15.2. The van der Waals surface area contributed by atoms with E-state index in [2.05, 4.69) is 10.1 Å². The highest BCUT2D eigenvalue weighted by Gasteiger charge is 2.16. The van der Waals surface area contributed by atoms with Crippen LogP contribution in [0.25, 0.3) is 0 Å². The molecule has 0 unspecified atom stereocenters. The number of sulfonamides is 1. The van der Waals surface area contributed by atoms with Crippen LogP contribution in [-0.4, -0.2) is 27.7 Å². The molecule has 0 aliphatic heterocycles. The lowest BCUT2D eigenvalue weighted by atomic mass is 10.3. The zero-order chi connectivity index (χ0) is 14.4. The molecule has 1 aromatic carbocycles. The molecule has 1 aliphatic carbocycles. The van der Waals surface area contributed by atoms with Gasteiger partial charge in [-0.15, -0.1) is 0 Å². The summed E-state index contributed by atoms with van der Waals surface area (Å²) in [6.07, 6.45) is 4.88. The Hall–Kier alpha value is -1.15. The molecule has 1 aromatic rings. The van der Waals surface area contributed by atoms with Crippen LogP contribution < -0.4 is 16.0 Å². The Morgan fingerprint density at radius 1 is 1.20 bits per heavy atom. The summed E-state index contributed by atoms with van der Waals surface area (Å²) < 4.78 is 32.2. The Morgan fingerprint density at radius 2 is 1.85 bits per heavy atom. The van der Waals surface area contributed by atoms with Gasteiger partial charge in [-0.3, -0.25) is 5.84 Å². The highest BCUT2D eigenvalue weighted by Crippen LogP contribution is 2.20. The van der Waals surface area contributed by atoms with Crippen molar-refractivity contribution in [2.75, 3.05) is 18.6 Å². The summed E-state index contributed by atoms with van der Waals surface area (Å²) in [5.74, 6) is 5.24. The monoisotopic (exact) mass is 299 g/mol. The minimum atomic E-state index is -3.48. The Kier molecular flexibility index (Phi) is 5.36. The molecule has 0 aromatic heterocycles. The molecule has 4 N–H and O–H groups in total. The zero-order valence-electron chi connectivity index (χ0n) is 11.3. The van der Waals surface area contributed by atoms with Crippen molar-refractivity contribution in [2.45, 2.75) is 36.7 Å². The smallest absolute Gasteiger partial charge is 0.240 e. The van der Waals surface area contributed by atoms with Gasteiger partial charge in [0.05, 0.1) is 17.6 Å². The number of benzene rings is 1. The Bertz CT molecular complexity index is 510. The molecule has 0 saturated heterocycles. The number of ether oxygens (including phenoxy) is 1. The fourth-order valence-corrected chi connectivity index (χ4v) is 3.28. The zero-order valence-corrected chi connectivity index (χ0v) is 12.2. The van der Waals surface area contributed by atoms with Gasteiger partial charge in [-0.25, -0.2) is 13.1 Å². The molecule has 2 rings (SSSR count). The van der Waals surface area contributed by atoms with E-state index in [-0.39, 0.29) is 11.4 Å². The van der Waals surface area contributed by atoms with E-state index in [1.807, 2.05) is 0 Å². The third-order valence-corrected chi connectivity index (χ3v) is 4.86. The van der Waals surface area contributed by atoms with Crippen LogP contribution >= 0.6 is 0 Å². The van der Waals surface area contributed by atoms with E-state index >= 15 is 0 Å². The van der Waals surface area contributed by atoms with Crippen LogP contribution in [0.5, 0.6) is 0 Å². The first-order valence-corrected chi connectivity index (χ1v) is 8.28. The molecule has 6 nitrogen and oxygen atoms in total. The second-order valence-electron chi connectivity index (χ2n) is 4.84. The topological polar surface area (TPSA) is 93.5 Å². The van der Waals surface area contributed by atoms with Gasteiger partial charge in [0.2, 0.25) is 10.0 Å². The maximum atomic E-state index is 12.0. The van der Waals surface area contributed by atoms with E-state index in [0.29, 0.717) is 18.4 Å². The number of nitrogens with one attached hydrogen (secondary N) is 2. The summed E-state index contributed by atoms with van der Waals surface area (Å²) in [4.78, 5) is 0.220. The van der Waals surface area contributed by atoms with Crippen LogP contribution in [0.1, 0.15) is 25.7 Å². The van der Waals surface area contributed by atoms with E-state index in [1.165, 1.54) is 25.0 Å². The number of anilines is 1. The number of nitrogens with two attached hydrogens (primary N) is 1. The SMILES string of the molecule is NNc1ccc(S(=O)(=O)NCCOC2CCCC2)cc1. The second kappa shape index (κ2) is 7.03. The van der Waals surface area contributed by atoms with E-state index in [4.69, 9.17) is 10.6 Å². The van der Waals surface area contributed by atoms with Crippen LogP contribution in [-0.2, 0) is 14.8 Å².